The summed E-state index contributed by atoms with van der Waals surface area (Å²) in [5.74, 6) is 0.700. The van der Waals surface area contributed by atoms with E-state index in [9.17, 15) is 10.1 Å². The Morgan fingerprint density at radius 3 is 2.86 bits per heavy atom. The van der Waals surface area contributed by atoms with Gasteiger partial charge in [0.1, 0.15) is 5.54 Å². The smallest absolute Gasteiger partial charge is 0.240 e. The number of hydrogen-bond donors (Lipinski definition) is 1. The van der Waals surface area contributed by atoms with Crippen LogP contribution in [0.25, 0.3) is 0 Å². The van der Waals surface area contributed by atoms with Gasteiger partial charge in [0, 0.05) is 18.2 Å². The molecule has 1 heterocycles. The van der Waals surface area contributed by atoms with Crippen LogP contribution in [0.5, 0.6) is 0 Å². The number of rotatable bonds is 4. The Kier molecular flexibility index (Phi) is 3.36. The van der Waals surface area contributed by atoms with Crippen LogP contribution >= 0.6 is 0 Å². The number of nitrogens with one attached hydrogen (secondary N) is 1. The van der Waals surface area contributed by atoms with Crippen molar-refractivity contribution in [1.82, 2.24) is 5.32 Å². The largest absolute Gasteiger partial charge is 0.361 e. The summed E-state index contributed by atoms with van der Waals surface area (Å²) in [5.41, 5.74) is 1.74. The zero-order chi connectivity index (χ0) is 15.0. The molecular weight excluding hydrogens is 262 g/mol. The van der Waals surface area contributed by atoms with Gasteiger partial charge < -0.3 is 10.2 Å². The zero-order valence-electron chi connectivity index (χ0n) is 12.6. The minimum atomic E-state index is -0.706. The van der Waals surface area contributed by atoms with Crippen LogP contribution in [0.3, 0.4) is 0 Å². The summed E-state index contributed by atoms with van der Waals surface area (Å²) in [6.07, 6.45) is 2.07. The summed E-state index contributed by atoms with van der Waals surface area (Å²) in [5, 5.41) is 12.3. The molecule has 1 saturated carbocycles. The summed E-state index contributed by atoms with van der Waals surface area (Å²) in [6.45, 7) is 5.20. The number of nitriles is 1. The van der Waals surface area contributed by atoms with Crippen LogP contribution in [-0.2, 0) is 4.79 Å². The fourth-order valence-electron chi connectivity index (χ4n) is 3.25. The van der Waals surface area contributed by atoms with Gasteiger partial charge in [0.2, 0.25) is 5.91 Å². The molecule has 1 aromatic carbocycles. The van der Waals surface area contributed by atoms with Gasteiger partial charge in [-0.25, -0.2) is 0 Å². The van der Waals surface area contributed by atoms with Crippen LogP contribution in [0.2, 0.25) is 0 Å². The first-order valence-electron chi connectivity index (χ1n) is 7.59. The summed E-state index contributed by atoms with van der Waals surface area (Å²) in [7, 11) is 0. The SMILES string of the molecule is CC1CN(CC(=O)NC(C)(C#N)C2CC2)c2ccccc21. The molecule has 1 N–H and O–H groups in total. The molecule has 4 heteroatoms. The lowest BCUT2D eigenvalue weighted by Crippen LogP contribution is -2.50. The number of fused-ring (bicyclic) bond motifs is 1. The van der Waals surface area contributed by atoms with Crippen LogP contribution in [0, 0.1) is 17.2 Å². The lowest BCUT2D eigenvalue weighted by atomic mass is 9.98. The first kappa shape index (κ1) is 13.9. The van der Waals surface area contributed by atoms with Crippen molar-refractivity contribution in [2.24, 2.45) is 5.92 Å². The number of nitrogens with zero attached hydrogens (tertiary/aromatic N) is 2. The van der Waals surface area contributed by atoms with E-state index >= 15 is 0 Å². The molecule has 0 bridgehead atoms. The molecule has 2 aliphatic rings. The molecular formula is C17H21N3O. The van der Waals surface area contributed by atoms with E-state index in [0.717, 1.165) is 25.1 Å². The van der Waals surface area contributed by atoms with Crippen molar-refractivity contribution >= 4 is 11.6 Å². The van der Waals surface area contributed by atoms with E-state index in [1.807, 2.05) is 19.1 Å². The average Bonchev–Trinajstić information content (AvgIpc) is 3.27. The van der Waals surface area contributed by atoms with E-state index in [1.54, 1.807) is 0 Å². The first-order chi connectivity index (χ1) is 10.0. The Bertz CT molecular complexity index is 602. The summed E-state index contributed by atoms with van der Waals surface area (Å²) < 4.78 is 0. The Morgan fingerprint density at radius 2 is 2.19 bits per heavy atom. The maximum atomic E-state index is 12.3. The molecule has 110 valence electrons. The second-order valence-corrected chi connectivity index (χ2v) is 6.48. The van der Waals surface area contributed by atoms with E-state index in [-0.39, 0.29) is 5.91 Å². The van der Waals surface area contributed by atoms with Gasteiger partial charge in [-0.15, -0.1) is 0 Å². The summed E-state index contributed by atoms with van der Waals surface area (Å²) in [6, 6.07) is 10.5. The molecule has 0 aromatic heterocycles. The average molecular weight is 283 g/mol. The lowest BCUT2D eigenvalue weighted by molar-refractivity contribution is -0.121. The standard InChI is InChI=1S/C17H21N3O/c1-12-9-20(15-6-4-3-5-14(12)15)10-16(21)19-17(2,11-18)13-7-8-13/h3-6,12-13H,7-10H2,1-2H3,(H,19,21). The van der Waals surface area contributed by atoms with Gasteiger partial charge in [-0.3, -0.25) is 4.79 Å². The van der Waals surface area contributed by atoms with Gasteiger partial charge in [0.25, 0.3) is 0 Å². The third kappa shape index (κ3) is 2.61. The number of benzene rings is 1. The fourth-order valence-corrected chi connectivity index (χ4v) is 3.25. The third-order valence-corrected chi connectivity index (χ3v) is 4.66. The van der Waals surface area contributed by atoms with Crippen molar-refractivity contribution in [1.29, 1.82) is 5.26 Å². The Morgan fingerprint density at radius 1 is 1.48 bits per heavy atom. The number of hydrogen-bond acceptors (Lipinski definition) is 3. The third-order valence-electron chi connectivity index (χ3n) is 4.66. The molecule has 1 aliphatic heterocycles. The van der Waals surface area contributed by atoms with E-state index in [4.69, 9.17) is 0 Å². The molecule has 1 amide bonds. The van der Waals surface area contributed by atoms with E-state index in [0.29, 0.717) is 18.4 Å². The maximum absolute atomic E-state index is 12.3. The van der Waals surface area contributed by atoms with Crippen molar-refractivity contribution in [3.05, 3.63) is 29.8 Å². The highest BCUT2D eigenvalue weighted by Gasteiger charge is 2.43. The second-order valence-electron chi connectivity index (χ2n) is 6.48. The summed E-state index contributed by atoms with van der Waals surface area (Å²) in [4.78, 5) is 14.4. The maximum Gasteiger partial charge on any atom is 0.240 e. The number of anilines is 1. The highest BCUT2D eigenvalue weighted by atomic mass is 16.2. The van der Waals surface area contributed by atoms with Gasteiger partial charge >= 0.3 is 0 Å². The van der Waals surface area contributed by atoms with E-state index in [2.05, 4.69) is 35.3 Å². The fraction of sp³-hybridized carbons (Fsp3) is 0.529. The summed E-state index contributed by atoms with van der Waals surface area (Å²) >= 11 is 0. The Balaban J connectivity index is 1.68. The van der Waals surface area contributed by atoms with Crippen LogP contribution < -0.4 is 10.2 Å². The Hall–Kier alpha value is -2.02. The topological polar surface area (TPSA) is 56.1 Å². The van der Waals surface area contributed by atoms with Gasteiger partial charge in [-0.05, 0) is 37.3 Å². The van der Waals surface area contributed by atoms with Crippen molar-refractivity contribution in [2.45, 2.75) is 38.1 Å². The molecule has 0 radical (unpaired) electrons. The molecule has 2 unspecified atom stereocenters. The minimum absolute atomic E-state index is 0.0603. The van der Waals surface area contributed by atoms with Gasteiger partial charge in [-0.2, -0.15) is 5.26 Å². The Labute approximate surface area is 125 Å². The van der Waals surface area contributed by atoms with Crippen LogP contribution in [0.4, 0.5) is 5.69 Å². The number of carbonyl (C=O) groups excluding carboxylic acids is 1. The number of amides is 1. The molecule has 4 nitrogen and oxygen atoms in total. The monoisotopic (exact) mass is 283 g/mol. The van der Waals surface area contributed by atoms with E-state index < -0.39 is 5.54 Å². The van der Waals surface area contributed by atoms with Gasteiger partial charge in [0.15, 0.2) is 0 Å². The molecule has 21 heavy (non-hydrogen) atoms. The lowest BCUT2D eigenvalue weighted by Gasteiger charge is -2.25. The van der Waals surface area contributed by atoms with E-state index in [1.165, 1.54) is 5.56 Å². The van der Waals surface area contributed by atoms with Gasteiger partial charge in [0.05, 0.1) is 12.6 Å². The minimum Gasteiger partial charge on any atom is -0.361 e. The molecule has 3 rings (SSSR count). The molecule has 0 saturated heterocycles. The normalized spacial score (nSPS) is 23.1. The predicted octanol–water partition coefficient (Wildman–Crippen LogP) is 2.42. The quantitative estimate of drug-likeness (QED) is 0.923. The number of para-hydroxylation sites is 1. The molecule has 1 aliphatic carbocycles. The molecule has 2 atom stereocenters. The highest BCUT2D eigenvalue weighted by Crippen LogP contribution is 2.39. The highest BCUT2D eigenvalue weighted by molar-refractivity contribution is 5.83. The predicted molar refractivity (Wildman–Crippen MR) is 82.0 cm³/mol. The van der Waals surface area contributed by atoms with Crippen LogP contribution in [0.15, 0.2) is 24.3 Å². The van der Waals surface area contributed by atoms with Crippen molar-refractivity contribution in [3.63, 3.8) is 0 Å². The zero-order valence-corrected chi connectivity index (χ0v) is 12.6. The van der Waals surface area contributed by atoms with Crippen LogP contribution in [0.1, 0.15) is 38.2 Å². The first-order valence-corrected chi connectivity index (χ1v) is 7.59. The molecule has 0 spiro atoms. The van der Waals surface area contributed by atoms with Crippen molar-refractivity contribution in [2.75, 3.05) is 18.0 Å². The van der Waals surface area contributed by atoms with Crippen LogP contribution in [-0.4, -0.2) is 24.5 Å². The molecule has 1 aromatic rings. The van der Waals surface area contributed by atoms with Crippen molar-refractivity contribution < 1.29 is 4.79 Å². The number of carbonyl (C=O) groups is 1. The van der Waals surface area contributed by atoms with Gasteiger partial charge in [-0.1, -0.05) is 25.1 Å². The van der Waals surface area contributed by atoms with Crippen molar-refractivity contribution in [3.8, 4) is 6.07 Å². The molecule has 1 fully saturated rings. The second kappa shape index (κ2) is 5.07.